The Morgan fingerprint density at radius 3 is 2.44 bits per heavy atom. The van der Waals surface area contributed by atoms with Gasteiger partial charge in [-0.1, -0.05) is 0 Å². The van der Waals surface area contributed by atoms with E-state index in [1.807, 2.05) is 0 Å². The number of hydrogen-bond acceptors (Lipinski definition) is 7. The SMILES string of the molecule is CNc1nc(NCCSC(F)(F)F)nc(OC)n1. The van der Waals surface area contributed by atoms with Crippen LogP contribution in [0.25, 0.3) is 0 Å². The lowest BCUT2D eigenvalue weighted by molar-refractivity contribution is -0.0327. The zero-order valence-electron chi connectivity index (χ0n) is 9.71. The lowest BCUT2D eigenvalue weighted by Crippen LogP contribution is -2.13. The molecule has 0 atom stereocenters. The van der Waals surface area contributed by atoms with Crippen molar-refractivity contribution < 1.29 is 17.9 Å². The van der Waals surface area contributed by atoms with Crippen molar-refractivity contribution >= 4 is 23.7 Å². The number of rotatable bonds is 6. The second-order valence-electron chi connectivity index (χ2n) is 2.94. The van der Waals surface area contributed by atoms with Crippen LogP contribution in [0.5, 0.6) is 6.01 Å². The van der Waals surface area contributed by atoms with E-state index in [0.29, 0.717) is 0 Å². The lowest BCUT2D eigenvalue weighted by atomic mass is 10.7. The van der Waals surface area contributed by atoms with Gasteiger partial charge >= 0.3 is 11.5 Å². The summed E-state index contributed by atoms with van der Waals surface area (Å²) in [6.07, 6.45) is 0. The van der Waals surface area contributed by atoms with Gasteiger partial charge in [-0.25, -0.2) is 0 Å². The molecule has 1 aromatic heterocycles. The quantitative estimate of drug-likeness (QED) is 0.768. The van der Waals surface area contributed by atoms with E-state index in [1.165, 1.54) is 7.11 Å². The molecule has 0 saturated heterocycles. The molecule has 1 aromatic rings. The second-order valence-corrected chi connectivity index (χ2v) is 4.10. The summed E-state index contributed by atoms with van der Waals surface area (Å²) in [6, 6.07) is 0.0836. The van der Waals surface area contributed by atoms with E-state index in [-0.39, 0.29) is 42.0 Å². The predicted octanol–water partition coefficient (Wildman–Crippen LogP) is 1.59. The largest absolute Gasteiger partial charge is 0.467 e. The van der Waals surface area contributed by atoms with Gasteiger partial charge in [-0.15, -0.1) is 0 Å². The highest BCUT2D eigenvalue weighted by Crippen LogP contribution is 2.29. The third-order valence-electron chi connectivity index (χ3n) is 1.67. The summed E-state index contributed by atoms with van der Waals surface area (Å²) in [5.41, 5.74) is -4.23. The average Bonchev–Trinajstić information content (AvgIpc) is 2.33. The van der Waals surface area contributed by atoms with Crippen molar-refractivity contribution in [1.29, 1.82) is 0 Å². The molecule has 0 aromatic carbocycles. The van der Waals surface area contributed by atoms with Crippen LogP contribution < -0.4 is 15.4 Å². The van der Waals surface area contributed by atoms with Gasteiger partial charge in [0.2, 0.25) is 11.9 Å². The first-order chi connectivity index (χ1) is 8.44. The van der Waals surface area contributed by atoms with Gasteiger partial charge in [0.05, 0.1) is 7.11 Å². The van der Waals surface area contributed by atoms with Crippen LogP contribution in [0.2, 0.25) is 0 Å². The highest BCUT2D eigenvalue weighted by atomic mass is 32.2. The first-order valence-corrected chi connectivity index (χ1v) is 5.85. The number of nitrogens with one attached hydrogen (secondary N) is 2. The maximum absolute atomic E-state index is 11.9. The number of anilines is 2. The number of aromatic nitrogens is 3. The smallest absolute Gasteiger partial charge is 0.441 e. The van der Waals surface area contributed by atoms with Gasteiger partial charge in [0, 0.05) is 19.3 Å². The molecule has 0 aliphatic rings. The molecule has 0 radical (unpaired) electrons. The molecule has 0 aliphatic carbocycles. The molecular weight excluding hydrogens is 271 g/mol. The Bertz CT molecular complexity index is 367. The van der Waals surface area contributed by atoms with E-state index in [2.05, 4.69) is 25.6 Å². The van der Waals surface area contributed by atoms with Crippen molar-refractivity contribution in [2.75, 3.05) is 37.1 Å². The molecule has 2 N–H and O–H groups in total. The standard InChI is InChI=1S/C8H12F3N5OS/c1-12-5-14-6(16-7(15-5)17-2)13-3-4-18-8(9,10)11/h3-4H2,1-2H3,(H2,12,13,14,15,16). The second kappa shape index (κ2) is 6.47. The molecule has 0 fully saturated rings. The van der Waals surface area contributed by atoms with Gasteiger partial charge in [0.15, 0.2) is 0 Å². The van der Waals surface area contributed by atoms with Crippen molar-refractivity contribution in [2.45, 2.75) is 5.51 Å². The summed E-state index contributed by atoms with van der Waals surface area (Å²) < 4.78 is 40.5. The fraction of sp³-hybridized carbons (Fsp3) is 0.625. The van der Waals surface area contributed by atoms with Gasteiger partial charge < -0.3 is 15.4 Å². The number of nitrogens with zero attached hydrogens (tertiary/aromatic N) is 3. The number of methoxy groups -OCH3 is 1. The fourth-order valence-corrected chi connectivity index (χ4v) is 1.40. The Labute approximate surface area is 106 Å². The third kappa shape index (κ3) is 5.25. The topological polar surface area (TPSA) is 72.0 Å². The van der Waals surface area contributed by atoms with E-state index >= 15 is 0 Å². The number of halogens is 3. The zero-order chi connectivity index (χ0) is 13.6. The molecule has 18 heavy (non-hydrogen) atoms. The van der Waals surface area contributed by atoms with Crippen LogP contribution in [0, 0.1) is 0 Å². The minimum Gasteiger partial charge on any atom is -0.467 e. The molecule has 1 heterocycles. The van der Waals surface area contributed by atoms with E-state index < -0.39 is 5.51 Å². The predicted molar refractivity (Wildman–Crippen MR) is 62.9 cm³/mol. The van der Waals surface area contributed by atoms with Crippen LogP contribution in [0.4, 0.5) is 25.1 Å². The monoisotopic (exact) mass is 283 g/mol. The van der Waals surface area contributed by atoms with Gasteiger partial charge in [-0.05, 0) is 11.8 Å². The lowest BCUT2D eigenvalue weighted by Gasteiger charge is -2.08. The number of ether oxygens (including phenoxy) is 1. The summed E-state index contributed by atoms with van der Waals surface area (Å²) in [6.45, 7) is 0.0838. The fourth-order valence-electron chi connectivity index (χ4n) is 0.968. The maximum Gasteiger partial charge on any atom is 0.441 e. The van der Waals surface area contributed by atoms with Crippen molar-refractivity contribution in [3.05, 3.63) is 0 Å². The summed E-state index contributed by atoms with van der Waals surface area (Å²) in [7, 11) is 3.00. The van der Waals surface area contributed by atoms with Crippen molar-refractivity contribution in [1.82, 2.24) is 15.0 Å². The number of hydrogen-bond donors (Lipinski definition) is 2. The molecule has 0 spiro atoms. The Morgan fingerprint density at radius 2 is 1.89 bits per heavy atom. The molecule has 102 valence electrons. The maximum atomic E-state index is 11.9. The molecule has 0 bridgehead atoms. The van der Waals surface area contributed by atoms with Crippen LogP contribution in [0.1, 0.15) is 0 Å². The van der Waals surface area contributed by atoms with Crippen LogP contribution in [0.15, 0.2) is 0 Å². The molecule has 6 nitrogen and oxygen atoms in total. The van der Waals surface area contributed by atoms with E-state index in [4.69, 9.17) is 4.74 Å². The summed E-state index contributed by atoms with van der Waals surface area (Å²) in [5.74, 6) is 0.300. The zero-order valence-corrected chi connectivity index (χ0v) is 10.5. The molecule has 10 heteroatoms. The number of alkyl halides is 3. The van der Waals surface area contributed by atoms with Gasteiger partial charge in [0.1, 0.15) is 0 Å². The van der Waals surface area contributed by atoms with Gasteiger partial charge in [-0.3, -0.25) is 0 Å². The van der Waals surface area contributed by atoms with E-state index in [1.54, 1.807) is 7.05 Å². The van der Waals surface area contributed by atoms with Gasteiger partial charge in [0.25, 0.3) is 0 Å². The average molecular weight is 283 g/mol. The molecule has 1 rings (SSSR count). The third-order valence-corrected chi connectivity index (χ3v) is 2.41. The normalized spacial score (nSPS) is 11.2. The summed E-state index contributed by atoms with van der Waals surface area (Å²) in [5, 5.41) is 5.35. The van der Waals surface area contributed by atoms with E-state index in [9.17, 15) is 13.2 Å². The minimum absolute atomic E-state index is 0.0836. The molecule has 0 unspecified atom stereocenters. The minimum atomic E-state index is -4.23. The molecule has 0 amide bonds. The Balaban J connectivity index is 2.51. The van der Waals surface area contributed by atoms with Crippen LogP contribution in [0.3, 0.4) is 0 Å². The molecule has 0 saturated carbocycles. The summed E-state index contributed by atoms with van der Waals surface area (Å²) >= 11 is -0.108. The number of thioether (sulfide) groups is 1. The van der Waals surface area contributed by atoms with Crippen molar-refractivity contribution in [3.8, 4) is 6.01 Å². The Kier molecular flexibility index (Phi) is 5.25. The van der Waals surface area contributed by atoms with Crippen LogP contribution >= 0.6 is 11.8 Å². The Morgan fingerprint density at radius 1 is 1.22 bits per heavy atom. The molecular formula is C8H12F3N5OS. The van der Waals surface area contributed by atoms with Crippen LogP contribution in [-0.4, -0.2) is 46.9 Å². The van der Waals surface area contributed by atoms with E-state index in [0.717, 1.165) is 0 Å². The first-order valence-electron chi connectivity index (χ1n) is 4.87. The highest BCUT2D eigenvalue weighted by Gasteiger charge is 2.27. The van der Waals surface area contributed by atoms with Crippen LogP contribution in [-0.2, 0) is 0 Å². The summed E-state index contributed by atoms with van der Waals surface area (Å²) in [4.78, 5) is 11.6. The van der Waals surface area contributed by atoms with Crippen molar-refractivity contribution in [3.63, 3.8) is 0 Å². The Hall–Kier alpha value is -1.45. The molecule has 0 aliphatic heterocycles. The van der Waals surface area contributed by atoms with Gasteiger partial charge in [-0.2, -0.15) is 28.1 Å². The highest BCUT2D eigenvalue weighted by molar-refractivity contribution is 8.00. The first kappa shape index (κ1) is 14.6. The van der Waals surface area contributed by atoms with Crippen molar-refractivity contribution in [2.24, 2.45) is 0 Å².